The maximum atomic E-state index is 12.3. The largest absolute Gasteiger partial charge is 0.384 e. The van der Waals surface area contributed by atoms with Gasteiger partial charge >= 0.3 is 0 Å². The van der Waals surface area contributed by atoms with E-state index in [1.165, 1.54) is 0 Å². The first kappa shape index (κ1) is 12.0. The van der Waals surface area contributed by atoms with Crippen molar-refractivity contribution in [1.82, 2.24) is 4.98 Å². The molecule has 1 aliphatic carbocycles. The van der Waals surface area contributed by atoms with Gasteiger partial charge in [-0.15, -0.1) is 0 Å². The van der Waals surface area contributed by atoms with E-state index in [0.717, 1.165) is 31.2 Å². The summed E-state index contributed by atoms with van der Waals surface area (Å²) in [6.45, 7) is 0. The number of nitrogen functional groups attached to an aromatic ring is 1. The van der Waals surface area contributed by atoms with Gasteiger partial charge in [0.15, 0.2) is 5.78 Å². The fourth-order valence-corrected chi connectivity index (χ4v) is 2.49. The summed E-state index contributed by atoms with van der Waals surface area (Å²) in [5.74, 6) is 0.608. The van der Waals surface area contributed by atoms with Gasteiger partial charge in [0.05, 0.1) is 0 Å². The quantitative estimate of drug-likeness (QED) is 0.861. The van der Waals surface area contributed by atoms with Crippen molar-refractivity contribution in [2.24, 2.45) is 0 Å². The van der Waals surface area contributed by atoms with Gasteiger partial charge < -0.3 is 10.5 Å². The van der Waals surface area contributed by atoms with E-state index in [9.17, 15) is 4.79 Å². The summed E-state index contributed by atoms with van der Waals surface area (Å²) in [5, 5.41) is 0. The maximum Gasteiger partial charge on any atom is 0.168 e. The summed E-state index contributed by atoms with van der Waals surface area (Å²) >= 11 is 0. The molecule has 0 bridgehead atoms. The number of ketones is 1. The van der Waals surface area contributed by atoms with Crippen LogP contribution in [0.15, 0.2) is 18.3 Å². The second kappa shape index (κ2) is 4.84. The van der Waals surface area contributed by atoms with E-state index in [4.69, 9.17) is 10.5 Å². The van der Waals surface area contributed by atoms with Gasteiger partial charge in [-0.2, -0.15) is 0 Å². The van der Waals surface area contributed by atoms with Crippen LogP contribution in [-0.4, -0.2) is 23.5 Å². The number of pyridine rings is 1. The summed E-state index contributed by atoms with van der Waals surface area (Å²) in [5.41, 5.74) is 5.95. The van der Waals surface area contributed by atoms with Crippen molar-refractivity contribution in [2.45, 2.75) is 37.7 Å². The molecule has 2 rings (SSSR count). The standard InChI is InChI=1S/C13H18N2O2/c1-17-13(5-2-3-6-13)11(16)8-10-4-7-15-12(14)9-10/h4,7,9H,2-3,5-6,8H2,1H3,(H2,14,15). The Balaban J connectivity index is 2.10. The fourth-order valence-electron chi connectivity index (χ4n) is 2.49. The predicted molar refractivity (Wildman–Crippen MR) is 65.6 cm³/mol. The molecule has 4 nitrogen and oxygen atoms in total. The van der Waals surface area contributed by atoms with Gasteiger partial charge in [0.25, 0.3) is 0 Å². The van der Waals surface area contributed by atoms with E-state index in [1.54, 1.807) is 19.4 Å². The molecule has 1 aromatic rings. The van der Waals surface area contributed by atoms with E-state index in [1.807, 2.05) is 6.07 Å². The predicted octanol–water partition coefficient (Wildman–Crippen LogP) is 1.73. The van der Waals surface area contributed by atoms with E-state index in [-0.39, 0.29) is 5.78 Å². The molecule has 0 aromatic carbocycles. The van der Waals surface area contributed by atoms with Gasteiger partial charge in [0.2, 0.25) is 0 Å². The normalized spacial score (nSPS) is 18.2. The van der Waals surface area contributed by atoms with Crippen molar-refractivity contribution >= 4 is 11.6 Å². The minimum atomic E-state index is -0.558. The van der Waals surface area contributed by atoms with Gasteiger partial charge in [-0.3, -0.25) is 4.79 Å². The van der Waals surface area contributed by atoms with Crippen LogP contribution in [0.4, 0.5) is 5.82 Å². The third-order valence-corrected chi connectivity index (χ3v) is 3.52. The Morgan fingerprint density at radius 2 is 2.24 bits per heavy atom. The molecule has 17 heavy (non-hydrogen) atoms. The number of hydrogen-bond donors (Lipinski definition) is 1. The minimum absolute atomic E-state index is 0.156. The number of carbonyl (C=O) groups excluding carboxylic acids is 1. The van der Waals surface area contributed by atoms with Gasteiger partial charge in [-0.1, -0.05) is 0 Å². The van der Waals surface area contributed by atoms with Crippen molar-refractivity contribution in [3.05, 3.63) is 23.9 Å². The van der Waals surface area contributed by atoms with Crippen LogP contribution in [0.25, 0.3) is 0 Å². The van der Waals surface area contributed by atoms with Crippen LogP contribution < -0.4 is 5.73 Å². The maximum absolute atomic E-state index is 12.3. The van der Waals surface area contributed by atoms with Crippen molar-refractivity contribution in [3.63, 3.8) is 0 Å². The first-order valence-electron chi connectivity index (χ1n) is 5.95. The van der Waals surface area contributed by atoms with Gasteiger partial charge in [0, 0.05) is 19.7 Å². The summed E-state index contributed by atoms with van der Waals surface area (Å²) in [4.78, 5) is 16.2. The number of hydrogen-bond acceptors (Lipinski definition) is 4. The molecular weight excluding hydrogens is 216 g/mol. The highest BCUT2D eigenvalue weighted by molar-refractivity contribution is 5.89. The Bertz CT molecular complexity index is 412. The number of nitrogens with zero attached hydrogens (tertiary/aromatic N) is 1. The molecule has 0 aliphatic heterocycles. The number of nitrogens with two attached hydrogens (primary N) is 1. The van der Waals surface area contributed by atoms with Gasteiger partial charge in [-0.25, -0.2) is 4.98 Å². The van der Waals surface area contributed by atoms with E-state index in [0.29, 0.717) is 12.2 Å². The molecule has 92 valence electrons. The summed E-state index contributed by atoms with van der Waals surface area (Å²) < 4.78 is 5.47. The molecule has 0 spiro atoms. The van der Waals surface area contributed by atoms with Crippen molar-refractivity contribution in [1.29, 1.82) is 0 Å². The number of ether oxygens (including phenoxy) is 1. The Morgan fingerprint density at radius 3 is 2.82 bits per heavy atom. The molecule has 0 saturated heterocycles. The zero-order chi connectivity index (χ0) is 12.3. The molecule has 0 atom stereocenters. The zero-order valence-corrected chi connectivity index (χ0v) is 10.1. The monoisotopic (exact) mass is 234 g/mol. The Morgan fingerprint density at radius 1 is 1.53 bits per heavy atom. The lowest BCUT2D eigenvalue weighted by Crippen LogP contribution is -2.38. The molecule has 0 radical (unpaired) electrons. The molecule has 1 saturated carbocycles. The average Bonchev–Trinajstić information content (AvgIpc) is 2.78. The minimum Gasteiger partial charge on any atom is -0.384 e. The molecular formula is C13H18N2O2. The van der Waals surface area contributed by atoms with E-state index >= 15 is 0 Å². The Hall–Kier alpha value is -1.42. The third kappa shape index (κ3) is 2.47. The lowest BCUT2D eigenvalue weighted by atomic mass is 9.92. The highest BCUT2D eigenvalue weighted by Gasteiger charge is 2.40. The first-order valence-corrected chi connectivity index (χ1v) is 5.95. The van der Waals surface area contributed by atoms with E-state index < -0.39 is 5.60 Å². The van der Waals surface area contributed by atoms with Crippen molar-refractivity contribution in [2.75, 3.05) is 12.8 Å². The SMILES string of the molecule is COC1(C(=O)Cc2ccnc(N)c2)CCCC1. The summed E-state index contributed by atoms with van der Waals surface area (Å²) in [7, 11) is 1.63. The molecule has 1 aromatic heterocycles. The third-order valence-electron chi connectivity index (χ3n) is 3.52. The van der Waals surface area contributed by atoms with Crippen LogP contribution in [-0.2, 0) is 16.0 Å². The van der Waals surface area contributed by atoms with Crippen LogP contribution in [0, 0.1) is 0 Å². The van der Waals surface area contributed by atoms with Crippen LogP contribution in [0.3, 0.4) is 0 Å². The number of carbonyl (C=O) groups is 1. The summed E-state index contributed by atoms with van der Waals surface area (Å²) in [6.07, 6.45) is 5.81. The molecule has 2 N–H and O–H groups in total. The Labute approximate surface area is 101 Å². The highest BCUT2D eigenvalue weighted by atomic mass is 16.5. The molecule has 1 aliphatic rings. The van der Waals surface area contributed by atoms with Crippen molar-refractivity contribution in [3.8, 4) is 0 Å². The molecule has 1 heterocycles. The summed E-state index contributed by atoms with van der Waals surface area (Å²) in [6, 6.07) is 3.57. The lowest BCUT2D eigenvalue weighted by Gasteiger charge is -2.25. The molecule has 0 unspecified atom stereocenters. The highest BCUT2D eigenvalue weighted by Crippen LogP contribution is 2.34. The molecule has 4 heteroatoms. The number of Topliss-reactive ketones (excluding diaryl/α,β-unsaturated/α-hetero) is 1. The zero-order valence-electron chi connectivity index (χ0n) is 10.1. The second-order valence-electron chi connectivity index (χ2n) is 4.59. The number of rotatable bonds is 4. The van der Waals surface area contributed by atoms with E-state index in [2.05, 4.69) is 4.98 Å². The second-order valence-corrected chi connectivity index (χ2v) is 4.59. The topological polar surface area (TPSA) is 65.2 Å². The number of anilines is 1. The van der Waals surface area contributed by atoms with Crippen LogP contribution in [0.1, 0.15) is 31.2 Å². The molecule has 1 fully saturated rings. The van der Waals surface area contributed by atoms with Gasteiger partial charge in [-0.05, 0) is 43.4 Å². The lowest BCUT2D eigenvalue weighted by molar-refractivity contribution is -0.139. The van der Waals surface area contributed by atoms with Crippen LogP contribution in [0.2, 0.25) is 0 Å². The smallest absolute Gasteiger partial charge is 0.168 e. The fraction of sp³-hybridized carbons (Fsp3) is 0.538. The van der Waals surface area contributed by atoms with Crippen molar-refractivity contribution < 1.29 is 9.53 Å². The number of methoxy groups -OCH3 is 1. The van der Waals surface area contributed by atoms with Crippen LogP contribution >= 0.6 is 0 Å². The van der Waals surface area contributed by atoms with Crippen LogP contribution in [0.5, 0.6) is 0 Å². The molecule has 0 amide bonds. The average molecular weight is 234 g/mol. The number of aromatic nitrogens is 1. The Kier molecular flexibility index (Phi) is 3.43. The van der Waals surface area contributed by atoms with Gasteiger partial charge in [0.1, 0.15) is 11.4 Å². The first-order chi connectivity index (χ1) is 8.16.